The Balaban J connectivity index is 2.03. The van der Waals surface area contributed by atoms with Gasteiger partial charge in [-0.1, -0.05) is 88.9 Å². The second kappa shape index (κ2) is 12.8. The number of aryl methyl sites for hydroxylation is 2. The minimum absolute atomic E-state index is 0.411. The number of carbonyl (C=O) groups is 1. The molecule has 0 saturated heterocycles. The molecule has 2 aromatic carbocycles. The van der Waals surface area contributed by atoms with Crippen LogP contribution in [0.3, 0.4) is 0 Å². The van der Waals surface area contributed by atoms with Gasteiger partial charge in [0.1, 0.15) is 0 Å². The number of rotatable bonds is 12. The Hall–Kier alpha value is -2.81. The number of hydrogen-bond acceptors (Lipinski definition) is 2. The summed E-state index contributed by atoms with van der Waals surface area (Å²) in [6.45, 7) is 12.3. The third-order valence-corrected chi connectivity index (χ3v) is 7.72. The van der Waals surface area contributed by atoms with Crippen molar-refractivity contribution in [2.45, 2.75) is 91.4 Å². The molecule has 1 saturated carbocycles. The fourth-order valence-electron chi connectivity index (χ4n) is 5.86. The molecular formula is C32H44N2O. The average Bonchev–Trinajstić information content (AvgIpc) is 3.36. The van der Waals surface area contributed by atoms with Crippen molar-refractivity contribution in [2.75, 3.05) is 5.32 Å². The summed E-state index contributed by atoms with van der Waals surface area (Å²) in [7, 11) is 0. The number of nitrogens with two attached hydrogens (primary N) is 1. The summed E-state index contributed by atoms with van der Waals surface area (Å²) < 4.78 is 0. The van der Waals surface area contributed by atoms with E-state index < -0.39 is 5.91 Å². The van der Waals surface area contributed by atoms with E-state index in [-0.39, 0.29) is 0 Å². The van der Waals surface area contributed by atoms with Gasteiger partial charge < -0.3 is 11.1 Å². The quantitative estimate of drug-likeness (QED) is 0.304. The predicted octanol–water partition coefficient (Wildman–Crippen LogP) is 8.46. The lowest BCUT2D eigenvalue weighted by atomic mass is 9.85. The first-order chi connectivity index (χ1) is 16.9. The molecule has 1 amide bonds. The number of anilines is 1. The first-order valence-corrected chi connectivity index (χ1v) is 13.5. The van der Waals surface area contributed by atoms with Crippen molar-refractivity contribution in [1.82, 2.24) is 0 Å². The van der Waals surface area contributed by atoms with Gasteiger partial charge in [0.25, 0.3) is 5.91 Å². The molecule has 3 nitrogen and oxygen atoms in total. The summed E-state index contributed by atoms with van der Waals surface area (Å²) in [6, 6.07) is 9.15. The molecule has 188 valence electrons. The number of allylic oxidation sites excluding steroid dienone is 2. The first kappa shape index (κ1) is 26.8. The molecular weight excluding hydrogens is 428 g/mol. The molecule has 3 rings (SSSR count). The standard InChI is InChI=1S/C32H44N2O/c1-6-9-13-22(4)28-21-26(19-18-25(28)17-12-16-24-14-10-11-15-24)29-20-23(5)30(32(33)35)31(34-8-3)27(29)7-2/h6,8-9,18-22,24,34H,3,7,10-17H2,1-2,4-5H3,(H2,33,35)/b9-6+. The number of nitrogens with one attached hydrogen (secondary N) is 1. The molecule has 3 heteroatoms. The Kier molecular flexibility index (Phi) is 9.77. The Morgan fingerprint density at radius 3 is 2.63 bits per heavy atom. The number of carbonyl (C=O) groups excluding carboxylic acids is 1. The predicted molar refractivity (Wildman–Crippen MR) is 151 cm³/mol. The molecule has 0 heterocycles. The van der Waals surface area contributed by atoms with Crippen molar-refractivity contribution >= 4 is 11.6 Å². The van der Waals surface area contributed by atoms with Crippen molar-refractivity contribution in [1.29, 1.82) is 0 Å². The van der Waals surface area contributed by atoms with Gasteiger partial charge in [0, 0.05) is 0 Å². The molecule has 0 radical (unpaired) electrons. The van der Waals surface area contributed by atoms with Gasteiger partial charge in [0.15, 0.2) is 0 Å². The van der Waals surface area contributed by atoms with Gasteiger partial charge in [-0.2, -0.15) is 0 Å². The van der Waals surface area contributed by atoms with E-state index in [1.165, 1.54) is 55.2 Å². The highest BCUT2D eigenvalue weighted by Crippen LogP contribution is 2.38. The lowest BCUT2D eigenvalue weighted by Gasteiger charge is -2.22. The second-order valence-corrected chi connectivity index (χ2v) is 10.2. The van der Waals surface area contributed by atoms with Gasteiger partial charge in [-0.15, -0.1) is 0 Å². The summed E-state index contributed by atoms with van der Waals surface area (Å²) in [4.78, 5) is 12.3. The maximum absolute atomic E-state index is 12.3. The maximum atomic E-state index is 12.3. The summed E-state index contributed by atoms with van der Waals surface area (Å²) in [5.41, 5.74) is 14.4. The Morgan fingerprint density at radius 2 is 2.00 bits per heavy atom. The van der Waals surface area contributed by atoms with Gasteiger partial charge in [0.05, 0.1) is 11.3 Å². The van der Waals surface area contributed by atoms with E-state index in [0.29, 0.717) is 11.5 Å². The minimum atomic E-state index is -0.411. The van der Waals surface area contributed by atoms with Crippen LogP contribution in [0.2, 0.25) is 0 Å². The van der Waals surface area contributed by atoms with E-state index in [9.17, 15) is 4.79 Å². The molecule has 0 aromatic heterocycles. The van der Waals surface area contributed by atoms with Gasteiger partial charge in [-0.25, -0.2) is 0 Å². The topological polar surface area (TPSA) is 55.1 Å². The Morgan fingerprint density at radius 1 is 1.26 bits per heavy atom. The molecule has 1 atom stereocenters. The zero-order valence-corrected chi connectivity index (χ0v) is 22.3. The van der Waals surface area contributed by atoms with Crippen LogP contribution in [0.25, 0.3) is 11.1 Å². The van der Waals surface area contributed by atoms with Gasteiger partial charge in [-0.05, 0) is 90.9 Å². The average molecular weight is 473 g/mol. The van der Waals surface area contributed by atoms with E-state index in [2.05, 4.69) is 69.1 Å². The minimum Gasteiger partial charge on any atom is -0.366 e. The number of hydrogen-bond donors (Lipinski definition) is 2. The van der Waals surface area contributed by atoms with Crippen LogP contribution < -0.4 is 11.1 Å². The highest BCUT2D eigenvalue weighted by Gasteiger charge is 2.21. The molecule has 0 aliphatic heterocycles. The zero-order chi connectivity index (χ0) is 25.4. The van der Waals surface area contributed by atoms with Crippen molar-refractivity contribution in [3.8, 4) is 11.1 Å². The molecule has 1 unspecified atom stereocenters. The van der Waals surface area contributed by atoms with Gasteiger partial charge >= 0.3 is 0 Å². The summed E-state index contributed by atoms with van der Waals surface area (Å²) in [6.07, 6.45) is 17.3. The van der Waals surface area contributed by atoms with E-state index in [1.807, 2.05) is 6.92 Å². The second-order valence-electron chi connectivity index (χ2n) is 10.2. The molecule has 1 fully saturated rings. The van der Waals surface area contributed by atoms with Crippen molar-refractivity contribution in [3.05, 3.63) is 77.0 Å². The molecule has 0 spiro atoms. The van der Waals surface area contributed by atoms with Gasteiger partial charge in [-0.3, -0.25) is 4.79 Å². The third kappa shape index (κ3) is 6.45. The molecule has 3 N–H and O–H groups in total. The molecule has 1 aliphatic rings. The van der Waals surface area contributed by atoms with E-state index in [0.717, 1.165) is 47.6 Å². The van der Waals surface area contributed by atoms with Crippen molar-refractivity contribution < 1.29 is 4.79 Å². The van der Waals surface area contributed by atoms with Crippen LogP contribution in [0.5, 0.6) is 0 Å². The maximum Gasteiger partial charge on any atom is 0.251 e. The lowest BCUT2D eigenvalue weighted by Crippen LogP contribution is -2.17. The van der Waals surface area contributed by atoms with E-state index in [1.54, 1.807) is 6.20 Å². The monoisotopic (exact) mass is 472 g/mol. The third-order valence-electron chi connectivity index (χ3n) is 7.72. The first-order valence-electron chi connectivity index (χ1n) is 13.5. The SMILES string of the molecule is C=CNc1c(CC)c(-c2ccc(CCCC3CCCC3)c(C(C)C/C=C/C)c2)cc(C)c1C(N)=O. The molecule has 0 bridgehead atoms. The fraction of sp³-hybridized carbons (Fsp3) is 0.469. The number of primary amides is 1. The van der Waals surface area contributed by atoms with Crippen LogP contribution >= 0.6 is 0 Å². The molecule has 2 aromatic rings. The highest BCUT2D eigenvalue weighted by atomic mass is 16.1. The summed E-state index contributed by atoms with van der Waals surface area (Å²) >= 11 is 0. The fourth-order valence-corrected chi connectivity index (χ4v) is 5.86. The highest BCUT2D eigenvalue weighted by molar-refractivity contribution is 6.02. The number of amides is 1. The smallest absolute Gasteiger partial charge is 0.251 e. The summed E-state index contributed by atoms with van der Waals surface area (Å²) in [5, 5.41) is 3.21. The normalized spacial score (nSPS) is 15.0. The van der Waals surface area contributed by atoms with Crippen molar-refractivity contribution in [3.63, 3.8) is 0 Å². The zero-order valence-electron chi connectivity index (χ0n) is 22.3. The summed E-state index contributed by atoms with van der Waals surface area (Å²) in [5.74, 6) is 0.980. The van der Waals surface area contributed by atoms with Crippen LogP contribution in [0.15, 0.2) is 49.2 Å². The van der Waals surface area contributed by atoms with Crippen LogP contribution in [-0.4, -0.2) is 5.91 Å². The van der Waals surface area contributed by atoms with Gasteiger partial charge in [0.2, 0.25) is 0 Å². The van der Waals surface area contributed by atoms with Crippen LogP contribution in [0.1, 0.15) is 104 Å². The van der Waals surface area contributed by atoms with Crippen LogP contribution in [0, 0.1) is 12.8 Å². The Bertz CT molecular complexity index is 1060. The lowest BCUT2D eigenvalue weighted by molar-refractivity contribution is 0.100. The Labute approximate surface area is 212 Å². The van der Waals surface area contributed by atoms with E-state index in [4.69, 9.17) is 5.73 Å². The van der Waals surface area contributed by atoms with Crippen LogP contribution in [0.4, 0.5) is 5.69 Å². The molecule has 35 heavy (non-hydrogen) atoms. The number of benzene rings is 2. The largest absolute Gasteiger partial charge is 0.366 e. The van der Waals surface area contributed by atoms with Crippen LogP contribution in [-0.2, 0) is 12.8 Å². The van der Waals surface area contributed by atoms with Crippen molar-refractivity contribution in [2.24, 2.45) is 11.7 Å². The van der Waals surface area contributed by atoms with E-state index >= 15 is 0 Å². The molecule has 1 aliphatic carbocycles.